The third kappa shape index (κ3) is 4.27. The number of amides is 1. The maximum atomic E-state index is 11.8. The monoisotopic (exact) mass is 291 g/mol. The number of carbonyl (C=O) groups excluding carboxylic acids is 1. The van der Waals surface area contributed by atoms with Gasteiger partial charge in [0.2, 0.25) is 0 Å². The van der Waals surface area contributed by atoms with Crippen molar-refractivity contribution in [3.05, 3.63) is 35.4 Å². The van der Waals surface area contributed by atoms with Crippen molar-refractivity contribution in [2.45, 2.75) is 13.0 Å². The number of nitrogens with one attached hydrogen (secondary N) is 2. The van der Waals surface area contributed by atoms with E-state index in [1.807, 2.05) is 25.1 Å². The molecule has 2 N–H and O–H groups in total. The Bertz CT molecular complexity index is 465. The molecule has 1 saturated heterocycles. The molecule has 1 fully saturated rings. The first kappa shape index (κ1) is 15.9. The summed E-state index contributed by atoms with van der Waals surface area (Å²) in [5.74, 6) is -0.0403. The second kappa shape index (κ2) is 8.12. The van der Waals surface area contributed by atoms with Crippen molar-refractivity contribution < 1.29 is 9.53 Å². The summed E-state index contributed by atoms with van der Waals surface area (Å²) < 4.78 is 5.47. The fraction of sp³-hybridized carbons (Fsp3) is 0.562. The minimum Gasteiger partial charge on any atom is -0.380 e. The molecule has 1 aliphatic rings. The van der Waals surface area contributed by atoms with Crippen LogP contribution in [0.1, 0.15) is 28.9 Å². The molecule has 5 heteroatoms. The Morgan fingerprint density at radius 3 is 3.14 bits per heavy atom. The summed E-state index contributed by atoms with van der Waals surface area (Å²) in [6, 6.07) is 8.18. The molecule has 1 unspecified atom stereocenters. The molecule has 0 bridgehead atoms. The molecule has 116 valence electrons. The summed E-state index contributed by atoms with van der Waals surface area (Å²) in [6.45, 7) is 7.35. The van der Waals surface area contributed by atoms with E-state index in [1.165, 1.54) is 5.56 Å². The molecule has 1 amide bonds. The van der Waals surface area contributed by atoms with E-state index >= 15 is 0 Å². The van der Waals surface area contributed by atoms with Gasteiger partial charge in [-0.1, -0.05) is 12.1 Å². The molecule has 5 nitrogen and oxygen atoms in total. The summed E-state index contributed by atoms with van der Waals surface area (Å²) in [4.78, 5) is 14.2. The summed E-state index contributed by atoms with van der Waals surface area (Å²) in [6.07, 6.45) is 0. The Kier molecular flexibility index (Phi) is 6.17. The van der Waals surface area contributed by atoms with Crippen LogP contribution in [0.5, 0.6) is 0 Å². The highest BCUT2D eigenvalue weighted by molar-refractivity contribution is 5.94. The Balaban J connectivity index is 2.11. The van der Waals surface area contributed by atoms with Crippen LogP contribution in [0.25, 0.3) is 0 Å². The van der Waals surface area contributed by atoms with Crippen molar-refractivity contribution in [3.63, 3.8) is 0 Å². The Morgan fingerprint density at radius 2 is 2.38 bits per heavy atom. The number of ether oxygens (including phenoxy) is 1. The second-order valence-electron chi connectivity index (χ2n) is 5.16. The van der Waals surface area contributed by atoms with E-state index in [0.29, 0.717) is 11.6 Å². The van der Waals surface area contributed by atoms with Gasteiger partial charge >= 0.3 is 0 Å². The van der Waals surface area contributed by atoms with E-state index in [2.05, 4.69) is 21.6 Å². The van der Waals surface area contributed by atoms with Gasteiger partial charge in [0, 0.05) is 51.4 Å². The molecule has 1 aromatic carbocycles. The van der Waals surface area contributed by atoms with Gasteiger partial charge in [0.15, 0.2) is 0 Å². The molecule has 1 aromatic rings. The summed E-state index contributed by atoms with van der Waals surface area (Å²) in [5.41, 5.74) is 1.89. The van der Waals surface area contributed by atoms with Gasteiger partial charge < -0.3 is 15.4 Å². The van der Waals surface area contributed by atoms with Gasteiger partial charge in [0.1, 0.15) is 0 Å². The molecular formula is C16H25N3O2. The van der Waals surface area contributed by atoms with Crippen molar-refractivity contribution in [3.8, 4) is 0 Å². The lowest BCUT2D eigenvalue weighted by Gasteiger charge is -2.36. The molecule has 1 atom stereocenters. The highest BCUT2D eigenvalue weighted by atomic mass is 16.5. The molecule has 0 aromatic heterocycles. The minimum atomic E-state index is -0.0403. The molecule has 1 aliphatic heterocycles. The number of benzene rings is 1. The summed E-state index contributed by atoms with van der Waals surface area (Å²) >= 11 is 0. The topological polar surface area (TPSA) is 53.6 Å². The Morgan fingerprint density at radius 1 is 1.52 bits per heavy atom. The van der Waals surface area contributed by atoms with Crippen LogP contribution in [0.15, 0.2) is 24.3 Å². The fourth-order valence-electron chi connectivity index (χ4n) is 2.70. The van der Waals surface area contributed by atoms with Crippen LogP contribution >= 0.6 is 0 Å². The zero-order valence-electron chi connectivity index (χ0n) is 12.9. The first-order valence-electron chi connectivity index (χ1n) is 7.60. The Labute approximate surface area is 126 Å². The molecule has 1 heterocycles. The summed E-state index contributed by atoms with van der Waals surface area (Å²) in [7, 11) is 1.66. The third-order valence-electron chi connectivity index (χ3n) is 3.84. The van der Waals surface area contributed by atoms with Crippen molar-refractivity contribution >= 4 is 5.91 Å². The van der Waals surface area contributed by atoms with Crippen LogP contribution < -0.4 is 10.6 Å². The number of rotatable bonds is 6. The van der Waals surface area contributed by atoms with Gasteiger partial charge in [-0.2, -0.15) is 0 Å². The van der Waals surface area contributed by atoms with E-state index in [1.54, 1.807) is 7.05 Å². The second-order valence-corrected chi connectivity index (χ2v) is 5.16. The maximum Gasteiger partial charge on any atom is 0.251 e. The lowest BCUT2D eigenvalue weighted by molar-refractivity contribution is 0.0827. The minimum absolute atomic E-state index is 0.0403. The van der Waals surface area contributed by atoms with Crippen molar-refractivity contribution in [2.75, 3.05) is 46.4 Å². The summed E-state index contributed by atoms with van der Waals surface area (Å²) in [5, 5.41) is 6.11. The molecule has 0 radical (unpaired) electrons. The quantitative estimate of drug-likeness (QED) is 0.769. The number of piperazine rings is 1. The largest absolute Gasteiger partial charge is 0.380 e. The van der Waals surface area contributed by atoms with Crippen molar-refractivity contribution in [1.29, 1.82) is 0 Å². The number of hydrogen-bond donors (Lipinski definition) is 2. The van der Waals surface area contributed by atoms with Gasteiger partial charge in [0.25, 0.3) is 5.91 Å². The van der Waals surface area contributed by atoms with Crippen LogP contribution in [0.2, 0.25) is 0 Å². The standard InChI is InChI=1S/C16H25N3O2/c1-3-21-10-9-19-8-7-18-12-15(19)13-5-4-6-14(11-13)16(20)17-2/h4-6,11,15,18H,3,7-10,12H2,1-2H3,(H,17,20). The SMILES string of the molecule is CCOCCN1CCNCC1c1cccc(C(=O)NC)c1. The molecule has 21 heavy (non-hydrogen) atoms. The van der Waals surface area contributed by atoms with E-state index in [-0.39, 0.29) is 5.91 Å². The fourth-order valence-corrected chi connectivity index (χ4v) is 2.70. The highest BCUT2D eigenvalue weighted by Crippen LogP contribution is 2.22. The predicted molar refractivity (Wildman–Crippen MR) is 83.5 cm³/mol. The lowest BCUT2D eigenvalue weighted by Crippen LogP contribution is -2.47. The molecule has 2 rings (SSSR count). The number of nitrogens with zero attached hydrogens (tertiary/aromatic N) is 1. The highest BCUT2D eigenvalue weighted by Gasteiger charge is 2.23. The van der Waals surface area contributed by atoms with Crippen molar-refractivity contribution in [1.82, 2.24) is 15.5 Å². The van der Waals surface area contributed by atoms with Gasteiger partial charge in [0.05, 0.1) is 6.61 Å². The zero-order chi connectivity index (χ0) is 15.1. The maximum absolute atomic E-state index is 11.8. The third-order valence-corrected chi connectivity index (χ3v) is 3.84. The zero-order valence-corrected chi connectivity index (χ0v) is 12.9. The average Bonchev–Trinajstić information content (AvgIpc) is 2.55. The van der Waals surface area contributed by atoms with Gasteiger partial charge in [-0.3, -0.25) is 9.69 Å². The molecule has 0 spiro atoms. The lowest BCUT2D eigenvalue weighted by atomic mass is 10.0. The predicted octanol–water partition coefficient (Wildman–Crippen LogP) is 1.03. The van der Waals surface area contributed by atoms with Crippen LogP contribution in [0.3, 0.4) is 0 Å². The van der Waals surface area contributed by atoms with Crippen LogP contribution in [-0.2, 0) is 4.74 Å². The van der Waals surface area contributed by atoms with E-state index < -0.39 is 0 Å². The van der Waals surface area contributed by atoms with Gasteiger partial charge in [-0.15, -0.1) is 0 Å². The van der Waals surface area contributed by atoms with E-state index in [9.17, 15) is 4.79 Å². The first-order valence-corrected chi connectivity index (χ1v) is 7.60. The first-order chi connectivity index (χ1) is 10.3. The number of hydrogen-bond acceptors (Lipinski definition) is 4. The normalized spacial score (nSPS) is 19.4. The van der Waals surface area contributed by atoms with E-state index in [0.717, 1.165) is 39.4 Å². The van der Waals surface area contributed by atoms with Gasteiger partial charge in [-0.25, -0.2) is 0 Å². The molecular weight excluding hydrogens is 266 g/mol. The average molecular weight is 291 g/mol. The smallest absolute Gasteiger partial charge is 0.251 e. The molecule has 0 aliphatic carbocycles. The molecule has 0 saturated carbocycles. The van der Waals surface area contributed by atoms with Crippen LogP contribution in [0, 0.1) is 0 Å². The van der Waals surface area contributed by atoms with E-state index in [4.69, 9.17) is 4.74 Å². The number of carbonyl (C=O) groups is 1. The Hall–Kier alpha value is -1.43. The van der Waals surface area contributed by atoms with Gasteiger partial charge in [-0.05, 0) is 24.6 Å². The van der Waals surface area contributed by atoms with Crippen LogP contribution in [-0.4, -0.2) is 57.2 Å². The van der Waals surface area contributed by atoms with Crippen molar-refractivity contribution in [2.24, 2.45) is 0 Å². The van der Waals surface area contributed by atoms with Crippen LogP contribution in [0.4, 0.5) is 0 Å².